The summed E-state index contributed by atoms with van der Waals surface area (Å²) in [7, 11) is 1.62. The molecule has 17 heavy (non-hydrogen) atoms. The second kappa shape index (κ2) is 7.74. The predicted molar refractivity (Wildman–Crippen MR) is 70.4 cm³/mol. The molecule has 1 amide bonds. The summed E-state index contributed by atoms with van der Waals surface area (Å²) in [5.41, 5.74) is 0.957. The van der Waals surface area contributed by atoms with E-state index in [1.807, 2.05) is 24.3 Å². The maximum atomic E-state index is 11.3. The van der Waals surface area contributed by atoms with E-state index in [1.165, 1.54) is 6.08 Å². The van der Waals surface area contributed by atoms with E-state index >= 15 is 0 Å². The quantitative estimate of drug-likeness (QED) is 0.481. The Balaban J connectivity index is 2.43. The fourth-order valence-electron chi connectivity index (χ4n) is 1.22. The van der Waals surface area contributed by atoms with E-state index in [4.69, 9.17) is 16.3 Å². The molecule has 1 rings (SSSR count). The number of alkyl halides is 1. The van der Waals surface area contributed by atoms with Gasteiger partial charge in [-0.25, -0.2) is 0 Å². The zero-order valence-corrected chi connectivity index (χ0v) is 10.5. The summed E-state index contributed by atoms with van der Waals surface area (Å²) in [4.78, 5) is 11.3. The predicted octanol–water partition coefficient (Wildman–Crippen LogP) is 2.45. The van der Waals surface area contributed by atoms with Crippen LogP contribution in [0.1, 0.15) is 12.0 Å². The molecule has 3 nitrogen and oxygen atoms in total. The average Bonchev–Trinajstić information content (AvgIpc) is 2.37. The number of rotatable bonds is 6. The Bertz CT molecular complexity index is 374. The molecular formula is C13H16ClNO2. The number of hydrogen-bond donors (Lipinski definition) is 1. The van der Waals surface area contributed by atoms with Crippen molar-refractivity contribution in [2.45, 2.75) is 6.42 Å². The molecule has 0 aliphatic rings. The van der Waals surface area contributed by atoms with Gasteiger partial charge in [0.15, 0.2) is 0 Å². The van der Waals surface area contributed by atoms with Crippen molar-refractivity contribution in [2.75, 3.05) is 19.5 Å². The van der Waals surface area contributed by atoms with Crippen LogP contribution in [-0.4, -0.2) is 25.4 Å². The standard InChI is InChI=1S/C13H16ClNO2/c1-17-12-6-3-11(4-7-12)5-8-13(16)15-10-2-9-14/h3-8H,2,9-10H2,1H3,(H,15,16). The first-order valence-electron chi connectivity index (χ1n) is 5.42. The summed E-state index contributed by atoms with van der Waals surface area (Å²) in [6, 6.07) is 7.49. The van der Waals surface area contributed by atoms with Gasteiger partial charge in [-0.1, -0.05) is 12.1 Å². The van der Waals surface area contributed by atoms with Crippen LogP contribution in [0.4, 0.5) is 0 Å². The number of amides is 1. The van der Waals surface area contributed by atoms with E-state index in [0.717, 1.165) is 17.7 Å². The van der Waals surface area contributed by atoms with E-state index < -0.39 is 0 Å². The maximum Gasteiger partial charge on any atom is 0.243 e. The molecule has 4 heteroatoms. The van der Waals surface area contributed by atoms with E-state index in [2.05, 4.69) is 5.32 Å². The smallest absolute Gasteiger partial charge is 0.243 e. The highest BCUT2D eigenvalue weighted by Crippen LogP contribution is 2.12. The van der Waals surface area contributed by atoms with Crippen LogP contribution in [0.2, 0.25) is 0 Å². The van der Waals surface area contributed by atoms with Crippen molar-refractivity contribution < 1.29 is 9.53 Å². The Morgan fingerprint density at radius 1 is 1.41 bits per heavy atom. The zero-order chi connectivity index (χ0) is 12.5. The number of halogens is 1. The van der Waals surface area contributed by atoms with Gasteiger partial charge in [0.25, 0.3) is 0 Å². The molecule has 0 unspecified atom stereocenters. The molecule has 0 saturated carbocycles. The Morgan fingerprint density at radius 2 is 2.12 bits per heavy atom. The third-order valence-electron chi connectivity index (χ3n) is 2.15. The summed E-state index contributed by atoms with van der Waals surface area (Å²) in [5, 5.41) is 2.74. The Kier molecular flexibility index (Phi) is 6.18. The molecule has 0 atom stereocenters. The molecule has 0 fully saturated rings. The molecule has 0 spiro atoms. The highest BCUT2D eigenvalue weighted by atomic mass is 35.5. The molecule has 1 aromatic rings. The molecule has 1 N–H and O–H groups in total. The van der Waals surface area contributed by atoms with Crippen LogP contribution >= 0.6 is 11.6 Å². The first-order chi connectivity index (χ1) is 8.26. The van der Waals surface area contributed by atoms with Gasteiger partial charge in [0.05, 0.1) is 7.11 Å². The Labute approximate surface area is 106 Å². The number of methoxy groups -OCH3 is 1. The van der Waals surface area contributed by atoms with Crippen LogP contribution < -0.4 is 10.1 Å². The molecule has 0 aromatic heterocycles. The third-order valence-corrected chi connectivity index (χ3v) is 2.42. The van der Waals surface area contributed by atoms with Crippen molar-refractivity contribution in [1.29, 1.82) is 0 Å². The second-order valence-corrected chi connectivity index (χ2v) is 3.82. The summed E-state index contributed by atoms with van der Waals surface area (Å²) < 4.78 is 5.04. The van der Waals surface area contributed by atoms with Crippen LogP contribution in [0, 0.1) is 0 Å². The first kappa shape index (κ1) is 13.6. The summed E-state index contributed by atoms with van der Waals surface area (Å²) >= 11 is 5.51. The SMILES string of the molecule is COc1ccc(C=CC(=O)NCCCCl)cc1. The van der Waals surface area contributed by atoms with E-state index in [1.54, 1.807) is 13.2 Å². The van der Waals surface area contributed by atoms with Gasteiger partial charge in [-0.2, -0.15) is 0 Å². The lowest BCUT2D eigenvalue weighted by Gasteiger charge is -2.00. The van der Waals surface area contributed by atoms with Crippen molar-refractivity contribution >= 4 is 23.6 Å². The highest BCUT2D eigenvalue weighted by Gasteiger charge is 1.94. The molecule has 92 valence electrons. The number of benzene rings is 1. The minimum atomic E-state index is -0.106. The largest absolute Gasteiger partial charge is 0.497 e. The second-order valence-electron chi connectivity index (χ2n) is 3.44. The van der Waals surface area contributed by atoms with Gasteiger partial charge in [0.2, 0.25) is 5.91 Å². The van der Waals surface area contributed by atoms with Gasteiger partial charge in [-0.05, 0) is 30.2 Å². The van der Waals surface area contributed by atoms with Crippen molar-refractivity contribution in [1.82, 2.24) is 5.32 Å². The van der Waals surface area contributed by atoms with Crippen LogP contribution in [0.3, 0.4) is 0 Å². The average molecular weight is 254 g/mol. The van der Waals surface area contributed by atoms with Crippen molar-refractivity contribution in [3.63, 3.8) is 0 Å². The van der Waals surface area contributed by atoms with Crippen LogP contribution in [0.15, 0.2) is 30.3 Å². The normalized spacial score (nSPS) is 10.5. The lowest BCUT2D eigenvalue weighted by Crippen LogP contribution is -2.22. The van der Waals surface area contributed by atoms with Crippen LogP contribution in [0.25, 0.3) is 6.08 Å². The minimum Gasteiger partial charge on any atom is -0.497 e. The van der Waals surface area contributed by atoms with Crippen molar-refractivity contribution in [2.24, 2.45) is 0 Å². The minimum absolute atomic E-state index is 0.106. The fraction of sp³-hybridized carbons (Fsp3) is 0.308. The summed E-state index contributed by atoms with van der Waals surface area (Å²) in [6.07, 6.45) is 4.05. The maximum absolute atomic E-state index is 11.3. The van der Waals surface area contributed by atoms with Gasteiger partial charge in [0, 0.05) is 18.5 Å². The molecular weight excluding hydrogens is 238 g/mol. The first-order valence-corrected chi connectivity index (χ1v) is 5.95. The van der Waals surface area contributed by atoms with Crippen molar-refractivity contribution in [3.05, 3.63) is 35.9 Å². The third kappa shape index (κ3) is 5.41. The van der Waals surface area contributed by atoms with Gasteiger partial charge in [0.1, 0.15) is 5.75 Å². The molecule has 0 aliphatic heterocycles. The molecule has 0 heterocycles. The number of carbonyl (C=O) groups excluding carboxylic acids is 1. The molecule has 0 saturated heterocycles. The van der Waals surface area contributed by atoms with Crippen LogP contribution in [0.5, 0.6) is 5.75 Å². The van der Waals surface area contributed by atoms with Gasteiger partial charge < -0.3 is 10.1 Å². The lowest BCUT2D eigenvalue weighted by atomic mass is 10.2. The monoisotopic (exact) mass is 253 g/mol. The molecule has 0 bridgehead atoms. The van der Waals surface area contributed by atoms with Crippen LogP contribution in [-0.2, 0) is 4.79 Å². The fourth-order valence-corrected chi connectivity index (χ4v) is 1.36. The lowest BCUT2D eigenvalue weighted by molar-refractivity contribution is -0.116. The number of carbonyl (C=O) groups is 1. The van der Waals surface area contributed by atoms with E-state index in [9.17, 15) is 4.79 Å². The molecule has 0 radical (unpaired) electrons. The highest BCUT2D eigenvalue weighted by molar-refractivity contribution is 6.17. The zero-order valence-electron chi connectivity index (χ0n) is 9.78. The summed E-state index contributed by atoms with van der Waals surface area (Å²) in [5.74, 6) is 1.25. The van der Waals surface area contributed by atoms with Gasteiger partial charge in [-0.3, -0.25) is 4.79 Å². The summed E-state index contributed by atoms with van der Waals surface area (Å²) in [6.45, 7) is 0.606. The van der Waals surface area contributed by atoms with Gasteiger partial charge >= 0.3 is 0 Å². The number of ether oxygens (including phenoxy) is 1. The molecule has 0 aliphatic carbocycles. The number of nitrogens with one attached hydrogen (secondary N) is 1. The van der Waals surface area contributed by atoms with E-state index in [-0.39, 0.29) is 5.91 Å². The van der Waals surface area contributed by atoms with Crippen molar-refractivity contribution in [3.8, 4) is 5.75 Å². The van der Waals surface area contributed by atoms with Gasteiger partial charge in [-0.15, -0.1) is 11.6 Å². The Hall–Kier alpha value is -1.48. The number of hydrogen-bond acceptors (Lipinski definition) is 2. The molecule has 1 aromatic carbocycles. The Morgan fingerprint density at radius 3 is 2.71 bits per heavy atom. The van der Waals surface area contributed by atoms with E-state index in [0.29, 0.717) is 12.4 Å². The topological polar surface area (TPSA) is 38.3 Å².